The van der Waals surface area contributed by atoms with E-state index in [0.29, 0.717) is 30.8 Å². The van der Waals surface area contributed by atoms with E-state index < -0.39 is 0 Å². The van der Waals surface area contributed by atoms with Gasteiger partial charge in [0.2, 0.25) is 5.91 Å². The molecule has 0 spiro atoms. The van der Waals surface area contributed by atoms with Crippen LogP contribution in [0, 0.1) is 0 Å². The third-order valence-electron chi connectivity index (χ3n) is 5.09. The number of likely N-dealkylation sites (N-methyl/N-ethyl adjacent to an activating group) is 1. The molecule has 1 aromatic rings. The van der Waals surface area contributed by atoms with Crippen LogP contribution in [-0.2, 0) is 9.53 Å². The van der Waals surface area contributed by atoms with Gasteiger partial charge in [0.15, 0.2) is 0 Å². The highest BCUT2D eigenvalue weighted by atomic mass is 16.5. The minimum absolute atomic E-state index is 0.120. The summed E-state index contributed by atoms with van der Waals surface area (Å²) in [6.07, 6.45) is 0.277. The molecular weight excluding hydrogens is 348 g/mol. The van der Waals surface area contributed by atoms with Crippen molar-refractivity contribution in [3.8, 4) is 0 Å². The van der Waals surface area contributed by atoms with E-state index >= 15 is 0 Å². The molecule has 1 N–H and O–H groups in total. The van der Waals surface area contributed by atoms with Gasteiger partial charge >= 0.3 is 6.09 Å². The van der Waals surface area contributed by atoms with Crippen LogP contribution < -0.4 is 10.2 Å². The summed E-state index contributed by atoms with van der Waals surface area (Å²) in [7, 11) is 3.35. The maximum absolute atomic E-state index is 12.5. The normalized spacial score (nSPS) is 20.1. The summed E-state index contributed by atoms with van der Waals surface area (Å²) in [5.41, 5.74) is 1.19. The maximum atomic E-state index is 12.5. The third-order valence-corrected chi connectivity index (χ3v) is 5.09. The lowest BCUT2D eigenvalue weighted by Gasteiger charge is -2.36. The van der Waals surface area contributed by atoms with Crippen LogP contribution >= 0.6 is 0 Å². The number of hydrogen-bond acceptors (Lipinski definition) is 5. The van der Waals surface area contributed by atoms with Crippen LogP contribution in [0.5, 0.6) is 0 Å². The molecule has 0 saturated carbocycles. The van der Waals surface area contributed by atoms with E-state index in [9.17, 15) is 14.4 Å². The lowest BCUT2D eigenvalue weighted by atomic mass is 10.1. The van der Waals surface area contributed by atoms with Gasteiger partial charge < -0.3 is 24.8 Å². The van der Waals surface area contributed by atoms with Gasteiger partial charge in [0.05, 0.1) is 19.2 Å². The van der Waals surface area contributed by atoms with E-state index in [4.69, 9.17) is 4.74 Å². The van der Waals surface area contributed by atoms with Crippen LogP contribution in [0.1, 0.15) is 23.7 Å². The minimum Gasteiger partial charge on any atom is -0.453 e. The van der Waals surface area contributed by atoms with E-state index in [1.165, 1.54) is 14.0 Å². The molecule has 2 aliphatic heterocycles. The second-order valence-corrected chi connectivity index (χ2v) is 7.19. The van der Waals surface area contributed by atoms with Crippen LogP contribution in [-0.4, -0.2) is 80.1 Å². The Morgan fingerprint density at radius 3 is 2.59 bits per heavy atom. The van der Waals surface area contributed by atoms with Gasteiger partial charge in [-0.05, 0) is 31.7 Å². The monoisotopic (exact) mass is 374 g/mol. The number of methoxy groups -OCH3 is 1. The highest BCUT2D eigenvalue weighted by molar-refractivity contribution is 5.98. The molecule has 1 aromatic carbocycles. The summed E-state index contributed by atoms with van der Waals surface area (Å²) in [5.74, 6) is -0.258. The van der Waals surface area contributed by atoms with Gasteiger partial charge in [0.25, 0.3) is 5.91 Å². The van der Waals surface area contributed by atoms with Gasteiger partial charge in [-0.1, -0.05) is 6.07 Å². The fraction of sp³-hybridized carbons (Fsp3) is 0.526. The van der Waals surface area contributed by atoms with Crippen molar-refractivity contribution in [1.29, 1.82) is 0 Å². The predicted octanol–water partition coefficient (Wildman–Crippen LogP) is 0.924. The average Bonchev–Trinajstić information content (AvgIpc) is 3.09. The molecule has 1 unspecified atom stereocenters. The topological polar surface area (TPSA) is 82.2 Å². The summed E-state index contributed by atoms with van der Waals surface area (Å²) in [4.78, 5) is 41.9. The van der Waals surface area contributed by atoms with Gasteiger partial charge in [-0.25, -0.2) is 4.79 Å². The van der Waals surface area contributed by atoms with E-state index in [1.54, 1.807) is 28.0 Å². The quantitative estimate of drug-likeness (QED) is 0.848. The number of benzene rings is 1. The average molecular weight is 374 g/mol. The highest BCUT2D eigenvalue weighted by Crippen LogP contribution is 2.25. The van der Waals surface area contributed by atoms with E-state index in [0.717, 1.165) is 13.1 Å². The molecule has 3 amide bonds. The van der Waals surface area contributed by atoms with Crippen LogP contribution in [0.4, 0.5) is 10.5 Å². The first-order valence-corrected chi connectivity index (χ1v) is 9.11. The number of amides is 3. The number of rotatable bonds is 4. The standard InChI is InChI=1S/C19H26N4O4/c1-13(24)23(17-7-8-22(12-17)19(26)27-3)16-6-4-5-14(9-16)18(25)20-15-10-21(2)11-15/h4-6,9,15,17H,7-8,10-12H2,1-3H3,(H,20,25). The zero-order valence-corrected chi connectivity index (χ0v) is 16.0. The Labute approximate surface area is 159 Å². The Morgan fingerprint density at radius 1 is 1.22 bits per heavy atom. The number of anilines is 1. The number of nitrogens with one attached hydrogen (secondary N) is 1. The van der Waals surface area contributed by atoms with Crippen molar-refractivity contribution in [3.63, 3.8) is 0 Å². The van der Waals surface area contributed by atoms with Crippen molar-refractivity contribution in [1.82, 2.24) is 15.1 Å². The second-order valence-electron chi connectivity index (χ2n) is 7.19. The molecule has 146 valence electrons. The highest BCUT2D eigenvalue weighted by Gasteiger charge is 2.33. The van der Waals surface area contributed by atoms with Crippen molar-refractivity contribution in [2.24, 2.45) is 0 Å². The first-order chi connectivity index (χ1) is 12.9. The van der Waals surface area contributed by atoms with Crippen LogP contribution in [0.2, 0.25) is 0 Å². The number of ether oxygens (including phenoxy) is 1. The molecule has 2 aliphatic rings. The van der Waals surface area contributed by atoms with Crippen LogP contribution in [0.3, 0.4) is 0 Å². The maximum Gasteiger partial charge on any atom is 0.409 e. The molecule has 0 aromatic heterocycles. The molecule has 0 radical (unpaired) electrons. The molecule has 0 bridgehead atoms. The Morgan fingerprint density at radius 2 is 1.96 bits per heavy atom. The van der Waals surface area contributed by atoms with Gasteiger partial charge in [-0.3, -0.25) is 9.59 Å². The lowest BCUT2D eigenvalue weighted by Crippen LogP contribution is -2.57. The van der Waals surface area contributed by atoms with Crippen molar-refractivity contribution in [2.75, 3.05) is 45.2 Å². The number of likely N-dealkylation sites (tertiary alicyclic amines) is 2. The van der Waals surface area contributed by atoms with E-state index in [1.807, 2.05) is 13.1 Å². The van der Waals surface area contributed by atoms with Gasteiger partial charge in [0, 0.05) is 44.4 Å². The minimum atomic E-state index is -0.389. The Balaban J connectivity index is 1.73. The van der Waals surface area contributed by atoms with Crippen molar-refractivity contribution < 1.29 is 19.1 Å². The summed E-state index contributed by atoms with van der Waals surface area (Å²) in [6.45, 7) is 4.14. The Bertz CT molecular complexity index is 732. The van der Waals surface area contributed by atoms with Crippen molar-refractivity contribution >= 4 is 23.6 Å². The van der Waals surface area contributed by atoms with Gasteiger partial charge in [-0.15, -0.1) is 0 Å². The summed E-state index contributed by atoms with van der Waals surface area (Å²) in [6, 6.07) is 7.10. The summed E-state index contributed by atoms with van der Waals surface area (Å²) in [5, 5.41) is 3.00. The fourth-order valence-corrected chi connectivity index (χ4v) is 3.75. The second kappa shape index (κ2) is 7.96. The molecule has 27 heavy (non-hydrogen) atoms. The summed E-state index contributed by atoms with van der Waals surface area (Å²) >= 11 is 0. The SMILES string of the molecule is COC(=O)N1CCC(N(C(C)=O)c2cccc(C(=O)NC3CN(C)C3)c2)C1. The Hall–Kier alpha value is -2.61. The van der Waals surface area contributed by atoms with Crippen LogP contribution in [0.15, 0.2) is 24.3 Å². The molecular formula is C19H26N4O4. The smallest absolute Gasteiger partial charge is 0.409 e. The molecule has 3 rings (SSSR count). The van der Waals surface area contributed by atoms with Gasteiger partial charge in [0.1, 0.15) is 0 Å². The Kier molecular flexibility index (Phi) is 5.65. The summed E-state index contributed by atoms with van der Waals surface area (Å²) < 4.78 is 4.77. The van der Waals surface area contributed by atoms with E-state index in [2.05, 4.69) is 10.2 Å². The molecule has 2 heterocycles. The van der Waals surface area contributed by atoms with E-state index in [-0.39, 0.29) is 30.0 Å². The largest absolute Gasteiger partial charge is 0.453 e. The molecule has 1 atom stereocenters. The number of carbonyl (C=O) groups is 3. The molecule has 8 nitrogen and oxygen atoms in total. The molecule has 0 aliphatic carbocycles. The van der Waals surface area contributed by atoms with Gasteiger partial charge in [-0.2, -0.15) is 0 Å². The molecule has 2 saturated heterocycles. The predicted molar refractivity (Wildman–Crippen MR) is 101 cm³/mol. The zero-order valence-electron chi connectivity index (χ0n) is 16.0. The zero-order chi connectivity index (χ0) is 19.6. The third kappa shape index (κ3) is 4.21. The van der Waals surface area contributed by atoms with Crippen molar-refractivity contribution in [3.05, 3.63) is 29.8 Å². The number of hydrogen-bond donors (Lipinski definition) is 1. The number of carbonyl (C=O) groups excluding carboxylic acids is 3. The molecule has 8 heteroatoms. The fourth-order valence-electron chi connectivity index (χ4n) is 3.75. The first kappa shape index (κ1) is 19.2. The van der Waals surface area contributed by atoms with Crippen molar-refractivity contribution in [2.45, 2.75) is 25.4 Å². The molecule has 2 fully saturated rings. The first-order valence-electron chi connectivity index (χ1n) is 9.11. The van der Waals surface area contributed by atoms with Crippen LogP contribution in [0.25, 0.3) is 0 Å². The number of nitrogens with zero attached hydrogens (tertiary/aromatic N) is 3. The lowest BCUT2D eigenvalue weighted by molar-refractivity contribution is -0.117.